The largest absolute Gasteiger partial charge is 0.396 e. The third kappa shape index (κ3) is 5.18. The molecule has 0 spiro atoms. The highest BCUT2D eigenvalue weighted by atomic mass is 19.1. The Labute approximate surface area is 176 Å². The number of hydrogen-bond donors (Lipinski definition) is 2. The molecule has 1 heterocycles. The van der Waals surface area contributed by atoms with Crippen LogP contribution in [0.3, 0.4) is 0 Å². The first-order valence-electron chi connectivity index (χ1n) is 9.48. The van der Waals surface area contributed by atoms with Gasteiger partial charge in [0.15, 0.2) is 0 Å². The minimum absolute atomic E-state index is 0.0593. The number of hydrogen-bond acceptors (Lipinski definition) is 4. The summed E-state index contributed by atoms with van der Waals surface area (Å²) in [4.78, 5) is 29.9. The Balaban J connectivity index is 1.92. The average Bonchev–Trinajstić information content (AvgIpc) is 2.73. The zero-order valence-corrected chi connectivity index (χ0v) is 16.7. The first-order chi connectivity index (χ1) is 14.8. The zero-order chi connectivity index (χ0) is 22.5. The van der Waals surface area contributed by atoms with Crippen LogP contribution in [0.5, 0.6) is 0 Å². The van der Waals surface area contributed by atoms with E-state index >= 15 is 0 Å². The van der Waals surface area contributed by atoms with Gasteiger partial charge in [-0.3, -0.25) is 14.2 Å². The van der Waals surface area contributed by atoms with Crippen molar-refractivity contribution in [2.45, 2.75) is 26.4 Å². The zero-order valence-electron chi connectivity index (χ0n) is 16.7. The van der Waals surface area contributed by atoms with Crippen LogP contribution in [0.15, 0.2) is 47.3 Å². The van der Waals surface area contributed by atoms with Crippen LogP contribution in [0, 0.1) is 24.4 Å². The molecule has 1 amide bonds. The second-order valence-corrected chi connectivity index (χ2v) is 6.88. The predicted octanol–water partition coefficient (Wildman–Crippen LogP) is 2.49. The molecule has 2 aromatic carbocycles. The maximum absolute atomic E-state index is 13.8. The van der Waals surface area contributed by atoms with Crippen LogP contribution >= 0.6 is 0 Å². The second kappa shape index (κ2) is 9.57. The molecule has 3 aromatic rings. The van der Waals surface area contributed by atoms with E-state index in [1.807, 2.05) is 0 Å². The van der Waals surface area contributed by atoms with E-state index in [1.54, 1.807) is 6.92 Å². The molecular weight excluding hydrogens is 411 g/mol. The number of rotatable bonds is 7. The van der Waals surface area contributed by atoms with E-state index in [9.17, 15) is 27.9 Å². The van der Waals surface area contributed by atoms with Crippen LogP contribution in [-0.4, -0.2) is 27.2 Å². The fourth-order valence-corrected chi connectivity index (χ4v) is 3.12. The standard InChI is InChI=1S/C22H20F3N3O3/c1-13-18(8-9-29)22(31)28(21(27-13)14-2-5-16(23)6-3-14)12-20(30)26-11-15-4-7-17(24)10-19(15)25/h2-7,10,29H,8-9,11-12H2,1H3,(H,26,30). The van der Waals surface area contributed by atoms with Gasteiger partial charge in [0, 0.05) is 48.0 Å². The molecule has 0 aliphatic rings. The summed E-state index contributed by atoms with van der Waals surface area (Å²) < 4.78 is 41.3. The van der Waals surface area contributed by atoms with Gasteiger partial charge in [0.2, 0.25) is 5.91 Å². The third-order valence-corrected chi connectivity index (χ3v) is 4.73. The van der Waals surface area contributed by atoms with E-state index in [1.165, 1.54) is 30.3 Å². The van der Waals surface area contributed by atoms with Crippen molar-refractivity contribution in [3.63, 3.8) is 0 Å². The molecule has 162 valence electrons. The lowest BCUT2D eigenvalue weighted by atomic mass is 10.1. The SMILES string of the molecule is Cc1nc(-c2ccc(F)cc2)n(CC(=O)NCc2ccc(F)cc2F)c(=O)c1CCO. The van der Waals surface area contributed by atoms with Crippen LogP contribution < -0.4 is 10.9 Å². The maximum atomic E-state index is 13.8. The Morgan fingerprint density at radius 1 is 1.10 bits per heavy atom. The molecule has 0 saturated carbocycles. The lowest BCUT2D eigenvalue weighted by molar-refractivity contribution is -0.121. The summed E-state index contributed by atoms with van der Waals surface area (Å²) in [5.41, 5.74) is 0.650. The Bertz CT molecular complexity index is 1160. The minimum atomic E-state index is -0.799. The molecule has 0 radical (unpaired) electrons. The van der Waals surface area contributed by atoms with Gasteiger partial charge in [0.1, 0.15) is 29.8 Å². The van der Waals surface area contributed by atoms with Gasteiger partial charge in [-0.2, -0.15) is 0 Å². The van der Waals surface area contributed by atoms with Crippen molar-refractivity contribution in [2.75, 3.05) is 6.61 Å². The summed E-state index contributed by atoms with van der Waals surface area (Å²) in [6.07, 6.45) is 0.0593. The Kier molecular flexibility index (Phi) is 6.86. The summed E-state index contributed by atoms with van der Waals surface area (Å²) in [5, 5.41) is 11.7. The highest BCUT2D eigenvalue weighted by Gasteiger charge is 2.18. The van der Waals surface area contributed by atoms with Gasteiger partial charge in [0.05, 0.1) is 0 Å². The summed E-state index contributed by atoms with van der Waals surface area (Å²) >= 11 is 0. The number of carbonyl (C=O) groups excluding carboxylic acids is 1. The molecule has 3 rings (SSSR count). The minimum Gasteiger partial charge on any atom is -0.396 e. The molecule has 1 aromatic heterocycles. The van der Waals surface area contributed by atoms with Gasteiger partial charge in [-0.25, -0.2) is 18.2 Å². The molecule has 0 unspecified atom stereocenters. The fourth-order valence-electron chi connectivity index (χ4n) is 3.12. The summed E-state index contributed by atoms with van der Waals surface area (Å²) in [7, 11) is 0. The highest BCUT2D eigenvalue weighted by molar-refractivity contribution is 5.76. The number of aryl methyl sites for hydroxylation is 1. The first-order valence-corrected chi connectivity index (χ1v) is 9.48. The average molecular weight is 431 g/mol. The molecule has 0 atom stereocenters. The molecule has 2 N–H and O–H groups in total. The van der Waals surface area contributed by atoms with Gasteiger partial charge in [-0.1, -0.05) is 6.07 Å². The molecule has 31 heavy (non-hydrogen) atoms. The molecule has 0 saturated heterocycles. The normalized spacial score (nSPS) is 10.9. The third-order valence-electron chi connectivity index (χ3n) is 4.73. The molecule has 0 bridgehead atoms. The van der Waals surface area contributed by atoms with Crippen molar-refractivity contribution in [1.29, 1.82) is 0 Å². The number of benzene rings is 2. The van der Waals surface area contributed by atoms with Gasteiger partial charge in [0.25, 0.3) is 5.56 Å². The van der Waals surface area contributed by atoms with E-state index in [2.05, 4.69) is 10.3 Å². The lowest BCUT2D eigenvalue weighted by Gasteiger charge is -2.16. The van der Waals surface area contributed by atoms with Gasteiger partial charge in [-0.05, 0) is 37.3 Å². The molecule has 6 nitrogen and oxygen atoms in total. The number of aliphatic hydroxyl groups excluding tert-OH is 1. The summed E-state index contributed by atoms with van der Waals surface area (Å²) in [5.74, 6) is -2.44. The quantitative estimate of drug-likeness (QED) is 0.602. The van der Waals surface area contributed by atoms with Crippen LogP contribution in [0.25, 0.3) is 11.4 Å². The first kappa shape index (κ1) is 22.2. The number of carbonyl (C=O) groups is 1. The highest BCUT2D eigenvalue weighted by Crippen LogP contribution is 2.18. The number of amides is 1. The topological polar surface area (TPSA) is 84.2 Å². The molecular formula is C22H20F3N3O3. The van der Waals surface area contributed by atoms with Crippen LogP contribution in [0.2, 0.25) is 0 Å². The number of aliphatic hydroxyl groups is 1. The van der Waals surface area contributed by atoms with Crippen LogP contribution in [0.4, 0.5) is 13.2 Å². The number of nitrogens with zero attached hydrogens (tertiary/aromatic N) is 2. The second-order valence-electron chi connectivity index (χ2n) is 6.88. The number of nitrogens with one attached hydrogen (secondary N) is 1. The molecule has 0 fully saturated rings. The molecule has 0 aliphatic heterocycles. The maximum Gasteiger partial charge on any atom is 0.257 e. The van der Waals surface area contributed by atoms with Crippen molar-refractivity contribution in [2.24, 2.45) is 0 Å². The van der Waals surface area contributed by atoms with Crippen molar-refractivity contribution in [1.82, 2.24) is 14.9 Å². The van der Waals surface area contributed by atoms with Gasteiger partial charge >= 0.3 is 0 Å². The number of aromatic nitrogens is 2. The van der Waals surface area contributed by atoms with E-state index in [-0.39, 0.29) is 36.5 Å². The van der Waals surface area contributed by atoms with Crippen molar-refractivity contribution < 1.29 is 23.1 Å². The Morgan fingerprint density at radius 2 is 1.77 bits per heavy atom. The number of halogens is 3. The van der Waals surface area contributed by atoms with E-state index in [0.29, 0.717) is 17.3 Å². The van der Waals surface area contributed by atoms with Crippen molar-refractivity contribution in [3.05, 3.63) is 87.1 Å². The Hall–Kier alpha value is -3.46. The predicted molar refractivity (Wildman–Crippen MR) is 108 cm³/mol. The van der Waals surface area contributed by atoms with Crippen molar-refractivity contribution >= 4 is 5.91 Å². The lowest BCUT2D eigenvalue weighted by Crippen LogP contribution is -2.35. The monoisotopic (exact) mass is 431 g/mol. The Morgan fingerprint density at radius 3 is 2.42 bits per heavy atom. The molecule has 0 aliphatic carbocycles. The van der Waals surface area contributed by atoms with E-state index in [0.717, 1.165) is 10.6 Å². The summed E-state index contributed by atoms with van der Waals surface area (Å²) in [6, 6.07) is 8.29. The van der Waals surface area contributed by atoms with Gasteiger partial charge in [-0.15, -0.1) is 0 Å². The van der Waals surface area contributed by atoms with Crippen LogP contribution in [-0.2, 0) is 24.3 Å². The fraction of sp³-hybridized carbons (Fsp3) is 0.227. The van der Waals surface area contributed by atoms with E-state index < -0.39 is 35.5 Å². The smallest absolute Gasteiger partial charge is 0.257 e. The summed E-state index contributed by atoms with van der Waals surface area (Å²) in [6.45, 7) is 0.708. The van der Waals surface area contributed by atoms with Crippen molar-refractivity contribution in [3.8, 4) is 11.4 Å². The van der Waals surface area contributed by atoms with Gasteiger partial charge < -0.3 is 10.4 Å². The van der Waals surface area contributed by atoms with Crippen LogP contribution in [0.1, 0.15) is 16.8 Å². The molecule has 9 heteroatoms. The van der Waals surface area contributed by atoms with E-state index in [4.69, 9.17) is 0 Å².